The molecule has 2 aliphatic heterocycles. The van der Waals surface area contributed by atoms with Crippen molar-refractivity contribution in [2.75, 3.05) is 37.7 Å². The van der Waals surface area contributed by atoms with Crippen LogP contribution in [0.2, 0.25) is 0 Å². The van der Waals surface area contributed by atoms with E-state index in [-0.39, 0.29) is 17.4 Å². The van der Waals surface area contributed by atoms with Crippen molar-refractivity contribution in [3.8, 4) is 0 Å². The van der Waals surface area contributed by atoms with Crippen molar-refractivity contribution < 1.29 is 14.7 Å². The number of nitrogens with one attached hydrogen (secondary N) is 1. The molecular formula is C31H46N4O3. The van der Waals surface area contributed by atoms with Gasteiger partial charge < -0.3 is 19.9 Å². The topological polar surface area (TPSA) is 76.1 Å². The van der Waals surface area contributed by atoms with Gasteiger partial charge in [0.05, 0.1) is 11.2 Å². The number of amides is 2. The molecule has 3 saturated carbocycles. The second kappa shape index (κ2) is 10.8. The normalized spacial score (nSPS) is 30.2. The highest BCUT2D eigenvalue weighted by atomic mass is 16.3. The van der Waals surface area contributed by atoms with E-state index in [1.54, 1.807) is 4.90 Å². The molecule has 0 spiro atoms. The van der Waals surface area contributed by atoms with Crippen molar-refractivity contribution in [3.05, 3.63) is 29.8 Å². The number of piperazine rings is 1. The maximum Gasteiger partial charge on any atom is 0.254 e. The Balaban J connectivity index is 1.15. The van der Waals surface area contributed by atoms with E-state index < -0.39 is 5.60 Å². The van der Waals surface area contributed by atoms with Crippen LogP contribution in [0.3, 0.4) is 0 Å². The number of aliphatic hydroxyl groups is 1. The smallest absolute Gasteiger partial charge is 0.254 e. The standard InChI is InChI=1S/C31H46N4O3/c36-28(33-19-21-34(22-20-33)29(37)30(38)17-18-30)24-12-14-27(15-13-24)35-31(16-8-7-11-26(31)23-32-35)25-9-5-3-1-2-4-6-10-25/h12-15,25-26,32,38H,1-11,16-23H2. The summed E-state index contributed by atoms with van der Waals surface area (Å²) in [4.78, 5) is 29.3. The van der Waals surface area contributed by atoms with Gasteiger partial charge >= 0.3 is 0 Å². The molecule has 2 unspecified atom stereocenters. The maximum atomic E-state index is 13.3. The number of anilines is 1. The fourth-order valence-corrected chi connectivity index (χ4v) is 8.03. The van der Waals surface area contributed by atoms with E-state index in [0.29, 0.717) is 50.5 Å². The zero-order chi connectivity index (χ0) is 26.2. The van der Waals surface area contributed by atoms with Gasteiger partial charge in [-0.1, -0.05) is 51.4 Å². The molecule has 3 aliphatic carbocycles. The van der Waals surface area contributed by atoms with Crippen molar-refractivity contribution in [3.63, 3.8) is 0 Å². The summed E-state index contributed by atoms with van der Waals surface area (Å²) in [5.74, 6) is 1.30. The molecule has 38 heavy (non-hydrogen) atoms. The third-order valence-corrected chi connectivity index (χ3v) is 10.4. The highest BCUT2D eigenvalue weighted by Crippen LogP contribution is 2.51. The molecule has 7 nitrogen and oxygen atoms in total. The van der Waals surface area contributed by atoms with Gasteiger partial charge in [-0.25, -0.2) is 5.43 Å². The zero-order valence-corrected chi connectivity index (χ0v) is 23.0. The molecule has 0 aromatic heterocycles. The minimum atomic E-state index is -1.13. The average Bonchev–Trinajstić information content (AvgIpc) is 3.55. The summed E-state index contributed by atoms with van der Waals surface area (Å²) in [5.41, 5.74) is 4.80. The molecule has 2 N–H and O–H groups in total. The van der Waals surface area contributed by atoms with E-state index in [9.17, 15) is 14.7 Å². The molecule has 2 atom stereocenters. The number of hydrogen-bond donors (Lipinski definition) is 2. The number of fused-ring (bicyclic) bond motifs is 1. The summed E-state index contributed by atoms with van der Waals surface area (Å²) < 4.78 is 0. The second-order valence-electron chi connectivity index (χ2n) is 12.7. The summed E-state index contributed by atoms with van der Waals surface area (Å²) in [6.45, 7) is 3.09. The van der Waals surface area contributed by atoms with Crippen LogP contribution in [0.4, 0.5) is 5.69 Å². The van der Waals surface area contributed by atoms with Crippen LogP contribution < -0.4 is 10.4 Å². The van der Waals surface area contributed by atoms with Crippen LogP contribution in [0.25, 0.3) is 0 Å². The fourth-order valence-electron chi connectivity index (χ4n) is 8.03. The van der Waals surface area contributed by atoms with Gasteiger partial charge in [-0.3, -0.25) is 9.59 Å². The fraction of sp³-hybridized carbons (Fsp3) is 0.742. The number of hydrogen-bond acceptors (Lipinski definition) is 5. The third kappa shape index (κ3) is 4.85. The Labute approximate surface area is 227 Å². The Morgan fingerprint density at radius 1 is 0.737 bits per heavy atom. The predicted octanol–water partition coefficient (Wildman–Crippen LogP) is 4.50. The predicted molar refractivity (Wildman–Crippen MR) is 149 cm³/mol. The highest BCUT2D eigenvalue weighted by molar-refractivity contribution is 5.95. The molecule has 2 saturated heterocycles. The monoisotopic (exact) mass is 522 g/mol. The molecule has 2 heterocycles. The molecule has 5 aliphatic rings. The lowest BCUT2D eigenvalue weighted by Gasteiger charge is -2.50. The van der Waals surface area contributed by atoms with Crippen LogP contribution in [0.1, 0.15) is 100 Å². The minimum Gasteiger partial charge on any atom is -0.380 e. The van der Waals surface area contributed by atoms with Crippen LogP contribution in [0.5, 0.6) is 0 Å². The number of carbonyl (C=O) groups is 2. The summed E-state index contributed by atoms with van der Waals surface area (Å²) in [5, 5.41) is 12.7. The van der Waals surface area contributed by atoms with Gasteiger partial charge in [-0.2, -0.15) is 0 Å². The van der Waals surface area contributed by atoms with Crippen LogP contribution in [-0.2, 0) is 4.79 Å². The molecular weight excluding hydrogens is 476 g/mol. The number of benzene rings is 1. The second-order valence-corrected chi connectivity index (χ2v) is 12.7. The molecule has 6 rings (SSSR count). The summed E-state index contributed by atoms with van der Waals surface area (Å²) in [6, 6.07) is 8.29. The van der Waals surface area contributed by atoms with E-state index >= 15 is 0 Å². The molecule has 208 valence electrons. The molecule has 5 fully saturated rings. The van der Waals surface area contributed by atoms with Crippen molar-refractivity contribution >= 4 is 17.5 Å². The van der Waals surface area contributed by atoms with Gasteiger partial charge in [0.15, 0.2) is 0 Å². The van der Waals surface area contributed by atoms with Gasteiger partial charge in [0.2, 0.25) is 0 Å². The number of rotatable bonds is 4. The van der Waals surface area contributed by atoms with E-state index in [1.165, 1.54) is 82.7 Å². The summed E-state index contributed by atoms with van der Waals surface area (Å²) in [7, 11) is 0. The number of nitrogens with zero attached hydrogens (tertiary/aromatic N) is 3. The number of hydrazine groups is 1. The van der Waals surface area contributed by atoms with Crippen LogP contribution in [-0.4, -0.2) is 70.6 Å². The van der Waals surface area contributed by atoms with Crippen molar-refractivity contribution in [1.29, 1.82) is 0 Å². The Morgan fingerprint density at radius 2 is 1.32 bits per heavy atom. The van der Waals surface area contributed by atoms with Crippen LogP contribution >= 0.6 is 0 Å². The molecule has 0 radical (unpaired) electrons. The highest BCUT2D eigenvalue weighted by Gasteiger charge is 2.54. The SMILES string of the molecule is O=C(c1ccc(N2NCC3CCCCC32C2CCCCCCCC2)cc1)N1CCN(C(=O)C2(O)CC2)CC1. The van der Waals surface area contributed by atoms with Crippen molar-refractivity contribution in [1.82, 2.24) is 15.2 Å². The van der Waals surface area contributed by atoms with E-state index in [1.807, 2.05) is 17.0 Å². The quantitative estimate of drug-likeness (QED) is 0.609. The lowest BCUT2D eigenvalue weighted by molar-refractivity contribution is -0.143. The van der Waals surface area contributed by atoms with E-state index in [2.05, 4.69) is 22.6 Å². The molecule has 7 heteroatoms. The maximum absolute atomic E-state index is 13.3. The van der Waals surface area contributed by atoms with Crippen molar-refractivity contribution in [2.45, 2.75) is 101 Å². The first-order chi connectivity index (χ1) is 18.5. The Bertz CT molecular complexity index is 991. The first-order valence-electron chi connectivity index (χ1n) is 15.5. The van der Waals surface area contributed by atoms with Crippen LogP contribution in [0, 0.1) is 11.8 Å². The zero-order valence-electron chi connectivity index (χ0n) is 23.0. The van der Waals surface area contributed by atoms with Gasteiger partial charge in [0.25, 0.3) is 11.8 Å². The first kappa shape index (κ1) is 26.1. The number of carbonyl (C=O) groups excluding carboxylic acids is 2. The molecule has 1 aromatic carbocycles. The Kier molecular flexibility index (Phi) is 7.43. The van der Waals surface area contributed by atoms with E-state index in [4.69, 9.17) is 0 Å². The lowest BCUT2D eigenvalue weighted by Crippen LogP contribution is -2.57. The largest absolute Gasteiger partial charge is 0.380 e. The van der Waals surface area contributed by atoms with Gasteiger partial charge in [-0.15, -0.1) is 0 Å². The molecule has 2 amide bonds. The van der Waals surface area contributed by atoms with Gasteiger partial charge in [0.1, 0.15) is 5.60 Å². The lowest BCUT2D eigenvalue weighted by atomic mass is 9.63. The van der Waals surface area contributed by atoms with Gasteiger partial charge in [0, 0.05) is 38.3 Å². The molecule has 0 bridgehead atoms. The summed E-state index contributed by atoms with van der Waals surface area (Å²) in [6.07, 6.45) is 17.3. The Morgan fingerprint density at radius 3 is 1.97 bits per heavy atom. The Hall–Kier alpha value is -2.12. The third-order valence-electron chi connectivity index (χ3n) is 10.4. The van der Waals surface area contributed by atoms with Crippen molar-refractivity contribution in [2.24, 2.45) is 11.8 Å². The molecule has 1 aromatic rings. The minimum absolute atomic E-state index is 0.0321. The average molecular weight is 523 g/mol. The van der Waals surface area contributed by atoms with E-state index in [0.717, 1.165) is 12.5 Å². The van der Waals surface area contributed by atoms with Crippen LogP contribution in [0.15, 0.2) is 24.3 Å². The van der Waals surface area contributed by atoms with Gasteiger partial charge in [-0.05, 0) is 74.6 Å². The first-order valence-corrected chi connectivity index (χ1v) is 15.5. The summed E-state index contributed by atoms with van der Waals surface area (Å²) >= 11 is 0.